The molecule has 1 aromatic heterocycles. The fraction of sp³-hybridized carbons (Fsp3) is 0.353. The number of carbonyl (C=O) groups is 1. The molecular formula is C17H18N4OS2. The number of rotatable bonds is 5. The second kappa shape index (κ2) is 8.18. The van der Waals surface area contributed by atoms with E-state index in [1.165, 1.54) is 0 Å². The van der Waals surface area contributed by atoms with Gasteiger partial charge in [0.15, 0.2) is 5.13 Å². The number of aromatic nitrogens is 1. The number of nitriles is 1. The summed E-state index contributed by atoms with van der Waals surface area (Å²) < 4.78 is 0. The van der Waals surface area contributed by atoms with Crippen LogP contribution in [0, 0.1) is 11.3 Å². The van der Waals surface area contributed by atoms with E-state index in [0.717, 1.165) is 42.6 Å². The van der Waals surface area contributed by atoms with Crippen LogP contribution in [0.25, 0.3) is 0 Å². The fourth-order valence-corrected chi connectivity index (χ4v) is 4.13. The maximum absolute atomic E-state index is 12.3. The predicted octanol–water partition coefficient (Wildman–Crippen LogP) is 2.60. The number of piperazine rings is 1. The van der Waals surface area contributed by atoms with Gasteiger partial charge in [-0.15, -0.1) is 23.1 Å². The summed E-state index contributed by atoms with van der Waals surface area (Å²) in [6.07, 6.45) is 1.82. The second-order valence-corrected chi connectivity index (χ2v) is 7.34. The van der Waals surface area contributed by atoms with Crippen LogP contribution < -0.4 is 4.90 Å². The van der Waals surface area contributed by atoms with Gasteiger partial charge in [-0.2, -0.15) is 5.26 Å². The van der Waals surface area contributed by atoms with E-state index >= 15 is 0 Å². The van der Waals surface area contributed by atoms with Crippen LogP contribution in [0.4, 0.5) is 5.13 Å². The van der Waals surface area contributed by atoms with Crippen molar-refractivity contribution >= 4 is 34.1 Å². The summed E-state index contributed by atoms with van der Waals surface area (Å²) in [5.74, 6) is 1.49. The third-order valence-electron chi connectivity index (χ3n) is 3.90. The van der Waals surface area contributed by atoms with Gasteiger partial charge in [-0.1, -0.05) is 12.1 Å². The zero-order valence-electron chi connectivity index (χ0n) is 13.2. The molecule has 0 bridgehead atoms. The highest BCUT2D eigenvalue weighted by Crippen LogP contribution is 2.19. The van der Waals surface area contributed by atoms with Crippen molar-refractivity contribution in [1.82, 2.24) is 9.88 Å². The van der Waals surface area contributed by atoms with E-state index in [1.54, 1.807) is 23.1 Å². The molecule has 24 heavy (non-hydrogen) atoms. The minimum atomic E-state index is 0.201. The molecule has 3 rings (SSSR count). The van der Waals surface area contributed by atoms with Gasteiger partial charge in [0, 0.05) is 43.5 Å². The van der Waals surface area contributed by atoms with E-state index in [4.69, 9.17) is 5.26 Å². The molecule has 1 aliphatic rings. The smallest absolute Gasteiger partial charge is 0.232 e. The first-order valence-electron chi connectivity index (χ1n) is 7.75. The minimum absolute atomic E-state index is 0.201. The predicted molar refractivity (Wildman–Crippen MR) is 98.2 cm³/mol. The van der Waals surface area contributed by atoms with Gasteiger partial charge < -0.3 is 9.80 Å². The molecule has 0 N–H and O–H groups in total. The highest BCUT2D eigenvalue weighted by molar-refractivity contribution is 7.99. The molecule has 0 aliphatic carbocycles. The summed E-state index contributed by atoms with van der Waals surface area (Å²) in [5, 5.41) is 11.8. The Bertz CT molecular complexity index is 701. The average Bonchev–Trinajstić information content (AvgIpc) is 3.17. The molecule has 0 unspecified atom stereocenters. The van der Waals surface area contributed by atoms with E-state index in [-0.39, 0.29) is 5.91 Å². The van der Waals surface area contributed by atoms with Crippen LogP contribution in [0.3, 0.4) is 0 Å². The normalized spacial score (nSPS) is 14.5. The van der Waals surface area contributed by atoms with E-state index in [2.05, 4.69) is 16.0 Å². The van der Waals surface area contributed by atoms with Crippen molar-refractivity contribution in [1.29, 1.82) is 5.26 Å². The van der Waals surface area contributed by atoms with Crippen LogP contribution in [-0.4, -0.2) is 47.7 Å². The van der Waals surface area contributed by atoms with Crippen LogP contribution in [0.5, 0.6) is 0 Å². The van der Waals surface area contributed by atoms with Gasteiger partial charge in [0.05, 0.1) is 17.4 Å². The molecule has 1 aliphatic heterocycles. The highest BCUT2D eigenvalue weighted by Gasteiger charge is 2.22. The number of thioether (sulfide) groups is 1. The molecule has 0 radical (unpaired) electrons. The van der Waals surface area contributed by atoms with E-state index in [0.29, 0.717) is 11.3 Å². The average molecular weight is 358 g/mol. The standard InChI is InChI=1S/C17H18N4OS2/c18-11-14-1-3-15(4-2-14)12-23-13-16(22)20-6-8-21(9-7-20)17-19-5-10-24-17/h1-5,10H,6-9,12-13H2. The largest absolute Gasteiger partial charge is 0.345 e. The maximum atomic E-state index is 12.3. The summed E-state index contributed by atoms with van der Waals surface area (Å²) in [4.78, 5) is 20.8. The van der Waals surface area contributed by atoms with Gasteiger partial charge in [-0.3, -0.25) is 4.79 Å². The van der Waals surface area contributed by atoms with Crippen molar-refractivity contribution in [2.75, 3.05) is 36.8 Å². The molecule has 124 valence electrons. The molecule has 7 heteroatoms. The van der Waals surface area contributed by atoms with E-state index < -0.39 is 0 Å². The van der Waals surface area contributed by atoms with Crippen molar-refractivity contribution in [3.8, 4) is 6.07 Å². The first-order valence-corrected chi connectivity index (χ1v) is 9.78. The minimum Gasteiger partial charge on any atom is -0.345 e. The number of hydrogen-bond donors (Lipinski definition) is 0. The van der Waals surface area contributed by atoms with Crippen molar-refractivity contribution < 1.29 is 4.79 Å². The zero-order chi connectivity index (χ0) is 16.8. The Hall–Kier alpha value is -2.04. The van der Waals surface area contributed by atoms with Crippen LogP contribution in [0.15, 0.2) is 35.8 Å². The summed E-state index contributed by atoms with van der Waals surface area (Å²) in [5.41, 5.74) is 1.80. The third-order valence-corrected chi connectivity index (χ3v) is 5.72. The molecule has 1 saturated heterocycles. The number of hydrogen-bond acceptors (Lipinski definition) is 6. The maximum Gasteiger partial charge on any atom is 0.232 e. The molecule has 1 amide bonds. The lowest BCUT2D eigenvalue weighted by molar-refractivity contribution is -0.128. The van der Waals surface area contributed by atoms with Crippen molar-refractivity contribution in [3.05, 3.63) is 47.0 Å². The molecule has 0 atom stereocenters. The summed E-state index contributed by atoms with van der Waals surface area (Å²) in [6.45, 7) is 3.21. The van der Waals surface area contributed by atoms with Crippen LogP contribution in [0.2, 0.25) is 0 Å². The van der Waals surface area contributed by atoms with Gasteiger partial charge >= 0.3 is 0 Å². The molecule has 0 saturated carbocycles. The van der Waals surface area contributed by atoms with Crippen LogP contribution in [0.1, 0.15) is 11.1 Å². The number of thiazole rings is 1. The second-order valence-electron chi connectivity index (χ2n) is 5.48. The topological polar surface area (TPSA) is 60.2 Å². The Morgan fingerprint density at radius 2 is 2.00 bits per heavy atom. The number of benzene rings is 1. The Balaban J connectivity index is 1.40. The zero-order valence-corrected chi connectivity index (χ0v) is 14.9. The molecule has 0 spiro atoms. The Morgan fingerprint density at radius 1 is 1.25 bits per heavy atom. The number of amides is 1. The van der Waals surface area contributed by atoms with Gasteiger partial charge in [0.2, 0.25) is 5.91 Å². The quantitative estimate of drug-likeness (QED) is 0.822. The third kappa shape index (κ3) is 4.28. The molecule has 2 heterocycles. The molecular weight excluding hydrogens is 340 g/mol. The van der Waals surface area contributed by atoms with Crippen LogP contribution in [-0.2, 0) is 10.5 Å². The van der Waals surface area contributed by atoms with Gasteiger partial charge in [-0.05, 0) is 17.7 Å². The number of nitrogens with zero attached hydrogens (tertiary/aromatic N) is 4. The van der Waals surface area contributed by atoms with Gasteiger partial charge in [0.1, 0.15) is 0 Å². The van der Waals surface area contributed by atoms with E-state index in [9.17, 15) is 4.79 Å². The fourth-order valence-electron chi connectivity index (χ4n) is 2.54. The summed E-state index contributed by atoms with van der Waals surface area (Å²) in [7, 11) is 0. The van der Waals surface area contributed by atoms with Crippen LogP contribution >= 0.6 is 23.1 Å². The van der Waals surface area contributed by atoms with E-state index in [1.807, 2.05) is 40.7 Å². The molecule has 5 nitrogen and oxygen atoms in total. The van der Waals surface area contributed by atoms with Gasteiger partial charge in [-0.25, -0.2) is 4.98 Å². The lowest BCUT2D eigenvalue weighted by Crippen LogP contribution is -2.49. The first kappa shape index (κ1) is 16.8. The molecule has 2 aromatic rings. The SMILES string of the molecule is N#Cc1ccc(CSCC(=O)N2CCN(c3nccs3)CC2)cc1. The monoisotopic (exact) mass is 358 g/mol. The number of anilines is 1. The number of carbonyl (C=O) groups excluding carboxylic acids is 1. The Morgan fingerprint density at radius 3 is 2.62 bits per heavy atom. The van der Waals surface area contributed by atoms with Gasteiger partial charge in [0.25, 0.3) is 0 Å². The molecule has 1 fully saturated rings. The molecule has 1 aromatic carbocycles. The van der Waals surface area contributed by atoms with Crippen molar-refractivity contribution in [2.24, 2.45) is 0 Å². The van der Waals surface area contributed by atoms with Crippen molar-refractivity contribution in [2.45, 2.75) is 5.75 Å². The highest BCUT2D eigenvalue weighted by atomic mass is 32.2. The lowest BCUT2D eigenvalue weighted by atomic mass is 10.2. The lowest BCUT2D eigenvalue weighted by Gasteiger charge is -2.34. The first-order chi connectivity index (χ1) is 11.8. The summed E-state index contributed by atoms with van der Waals surface area (Å²) in [6, 6.07) is 9.63. The Labute approximate surface area is 149 Å². The Kier molecular flexibility index (Phi) is 5.72. The summed E-state index contributed by atoms with van der Waals surface area (Å²) >= 11 is 3.26. The van der Waals surface area contributed by atoms with Crippen molar-refractivity contribution in [3.63, 3.8) is 0 Å².